The fourth-order valence-electron chi connectivity index (χ4n) is 1.74. The first kappa shape index (κ1) is 13.6. The fraction of sp³-hybridized carbons (Fsp3) is 0.154. The maximum atomic E-state index is 12.0. The molecule has 0 unspecified atom stereocenters. The molecule has 20 heavy (non-hydrogen) atoms. The summed E-state index contributed by atoms with van der Waals surface area (Å²) in [7, 11) is 3.13. The van der Waals surface area contributed by atoms with E-state index in [4.69, 9.17) is 4.74 Å². The molecule has 0 radical (unpaired) electrons. The maximum Gasteiger partial charge on any atom is 0.287 e. The molecule has 0 saturated heterocycles. The van der Waals surface area contributed by atoms with Crippen molar-refractivity contribution in [2.24, 2.45) is 7.05 Å². The molecule has 1 amide bonds. The van der Waals surface area contributed by atoms with Gasteiger partial charge in [0, 0.05) is 18.8 Å². The van der Waals surface area contributed by atoms with Crippen molar-refractivity contribution in [2.45, 2.75) is 0 Å². The van der Waals surface area contributed by atoms with Crippen LogP contribution in [-0.2, 0) is 7.05 Å². The number of carbonyl (C=O) groups excluding carboxylic acids is 1. The van der Waals surface area contributed by atoms with Gasteiger partial charge in [-0.05, 0) is 24.3 Å². The van der Waals surface area contributed by atoms with Crippen molar-refractivity contribution in [3.63, 3.8) is 0 Å². The van der Waals surface area contributed by atoms with Gasteiger partial charge < -0.3 is 14.6 Å². The predicted octanol–water partition coefficient (Wildman–Crippen LogP) is 2.19. The van der Waals surface area contributed by atoms with Crippen LogP contribution in [0.3, 0.4) is 0 Å². The number of rotatable bonds is 4. The van der Waals surface area contributed by atoms with Gasteiger partial charge in [0.15, 0.2) is 0 Å². The van der Waals surface area contributed by atoms with Gasteiger partial charge in [0.2, 0.25) is 0 Å². The van der Waals surface area contributed by atoms with Crippen molar-refractivity contribution < 1.29 is 14.5 Å². The molecule has 0 aliphatic rings. The van der Waals surface area contributed by atoms with Crippen LogP contribution in [0.15, 0.2) is 36.5 Å². The summed E-state index contributed by atoms with van der Waals surface area (Å²) in [6, 6.07) is 8.03. The number of aromatic nitrogens is 1. The van der Waals surface area contributed by atoms with E-state index in [2.05, 4.69) is 5.32 Å². The normalized spacial score (nSPS) is 10.1. The predicted molar refractivity (Wildman–Crippen MR) is 73.0 cm³/mol. The molecule has 7 nitrogen and oxygen atoms in total. The summed E-state index contributed by atoms with van der Waals surface area (Å²) in [6.07, 6.45) is 1.29. The number of hydrogen-bond acceptors (Lipinski definition) is 4. The number of ether oxygens (including phenoxy) is 1. The van der Waals surface area contributed by atoms with Crippen molar-refractivity contribution in [3.05, 3.63) is 52.3 Å². The second-order valence-electron chi connectivity index (χ2n) is 4.13. The Morgan fingerprint density at radius 2 is 2.00 bits per heavy atom. The van der Waals surface area contributed by atoms with Gasteiger partial charge in [-0.2, -0.15) is 0 Å². The molecule has 7 heteroatoms. The number of anilines is 1. The minimum absolute atomic E-state index is 0.118. The number of hydrogen-bond donors (Lipinski definition) is 1. The third-order valence-corrected chi connectivity index (χ3v) is 2.78. The Bertz CT molecular complexity index is 646. The summed E-state index contributed by atoms with van der Waals surface area (Å²) < 4.78 is 6.43. The lowest BCUT2D eigenvalue weighted by Gasteiger charge is -2.06. The number of aryl methyl sites for hydroxylation is 1. The fourth-order valence-corrected chi connectivity index (χ4v) is 1.74. The highest BCUT2D eigenvalue weighted by atomic mass is 16.6. The average Bonchev–Trinajstić information content (AvgIpc) is 2.82. The van der Waals surface area contributed by atoms with E-state index in [9.17, 15) is 14.9 Å². The van der Waals surface area contributed by atoms with Crippen molar-refractivity contribution >= 4 is 17.3 Å². The summed E-state index contributed by atoms with van der Waals surface area (Å²) in [5.41, 5.74) is 0.680. The maximum absolute atomic E-state index is 12.0. The van der Waals surface area contributed by atoms with Crippen LogP contribution in [0.5, 0.6) is 5.75 Å². The molecule has 0 saturated carbocycles. The zero-order chi connectivity index (χ0) is 14.7. The Morgan fingerprint density at radius 1 is 1.35 bits per heavy atom. The Kier molecular flexibility index (Phi) is 3.69. The largest absolute Gasteiger partial charge is 0.497 e. The van der Waals surface area contributed by atoms with Gasteiger partial charge in [-0.3, -0.25) is 14.9 Å². The highest BCUT2D eigenvalue weighted by Gasteiger charge is 2.17. The van der Waals surface area contributed by atoms with Crippen molar-refractivity contribution in [3.8, 4) is 5.75 Å². The molecule has 104 valence electrons. The third-order valence-electron chi connectivity index (χ3n) is 2.78. The molecule has 0 fully saturated rings. The van der Waals surface area contributed by atoms with Crippen LogP contribution >= 0.6 is 0 Å². The Balaban J connectivity index is 2.16. The van der Waals surface area contributed by atoms with E-state index in [-0.39, 0.29) is 11.4 Å². The molecule has 0 aliphatic carbocycles. The molecule has 1 heterocycles. The van der Waals surface area contributed by atoms with Crippen LogP contribution in [0.2, 0.25) is 0 Å². The molecule has 0 spiro atoms. The first-order chi connectivity index (χ1) is 9.51. The number of nitrogens with zero attached hydrogens (tertiary/aromatic N) is 2. The number of methoxy groups -OCH3 is 1. The highest BCUT2D eigenvalue weighted by Crippen LogP contribution is 2.18. The first-order valence-corrected chi connectivity index (χ1v) is 5.77. The standard InChI is InChI=1S/C13H13N3O4/c1-15-8-10(16(18)19)7-12(15)13(17)14-9-3-5-11(20-2)6-4-9/h3-8H,1-2H3,(H,14,17). The lowest BCUT2D eigenvalue weighted by Crippen LogP contribution is -2.15. The third kappa shape index (κ3) is 2.77. The van der Waals surface area contributed by atoms with Crippen LogP contribution in [0.25, 0.3) is 0 Å². The summed E-state index contributed by atoms with van der Waals surface area (Å²) in [5.74, 6) is 0.267. The van der Waals surface area contributed by atoms with E-state index in [0.717, 1.165) is 0 Å². The topological polar surface area (TPSA) is 86.4 Å². The molecule has 2 rings (SSSR count). The minimum Gasteiger partial charge on any atom is -0.497 e. The first-order valence-electron chi connectivity index (χ1n) is 5.77. The van der Waals surface area contributed by atoms with Gasteiger partial charge in [0.25, 0.3) is 11.6 Å². The lowest BCUT2D eigenvalue weighted by atomic mass is 10.3. The number of benzene rings is 1. The zero-order valence-electron chi connectivity index (χ0n) is 11.0. The van der Waals surface area contributed by atoms with Crippen LogP contribution in [0.1, 0.15) is 10.5 Å². The average molecular weight is 275 g/mol. The van der Waals surface area contributed by atoms with Crippen molar-refractivity contribution in [2.75, 3.05) is 12.4 Å². The minimum atomic E-state index is -0.538. The number of nitrogens with one attached hydrogen (secondary N) is 1. The van der Waals surface area contributed by atoms with E-state index in [1.165, 1.54) is 16.8 Å². The van der Waals surface area contributed by atoms with Gasteiger partial charge >= 0.3 is 0 Å². The summed E-state index contributed by atoms with van der Waals surface area (Å²) in [4.78, 5) is 22.2. The van der Waals surface area contributed by atoms with Gasteiger partial charge in [-0.1, -0.05) is 0 Å². The molecule has 0 atom stereocenters. The summed E-state index contributed by atoms with van der Waals surface area (Å²) in [6.45, 7) is 0. The van der Waals surface area contributed by atoms with Gasteiger partial charge in [-0.25, -0.2) is 0 Å². The lowest BCUT2D eigenvalue weighted by molar-refractivity contribution is -0.384. The molecule has 0 aliphatic heterocycles. The molecule has 1 aromatic heterocycles. The Labute approximate surface area is 114 Å². The second kappa shape index (κ2) is 5.43. The molecular weight excluding hydrogens is 262 g/mol. The van der Waals surface area contributed by atoms with Crippen molar-refractivity contribution in [1.82, 2.24) is 4.57 Å². The summed E-state index contributed by atoms with van der Waals surface area (Å²) >= 11 is 0. The molecular formula is C13H13N3O4. The SMILES string of the molecule is COc1ccc(NC(=O)c2cc([N+](=O)[O-])cn2C)cc1. The number of carbonyl (C=O) groups is 1. The molecule has 0 bridgehead atoms. The summed E-state index contributed by atoms with van der Waals surface area (Å²) in [5, 5.41) is 13.3. The van der Waals surface area contributed by atoms with Gasteiger partial charge in [0.05, 0.1) is 18.2 Å². The Morgan fingerprint density at radius 3 is 2.50 bits per heavy atom. The second-order valence-corrected chi connectivity index (χ2v) is 4.13. The van der Waals surface area contributed by atoms with Crippen LogP contribution < -0.4 is 10.1 Å². The van der Waals surface area contributed by atoms with E-state index in [1.807, 2.05) is 0 Å². The molecule has 1 N–H and O–H groups in total. The Hall–Kier alpha value is -2.83. The quantitative estimate of drug-likeness (QED) is 0.684. The van der Waals surface area contributed by atoms with Crippen LogP contribution in [0.4, 0.5) is 11.4 Å². The van der Waals surface area contributed by atoms with Crippen molar-refractivity contribution in [1.29, 1.82) is 0 Å². The monoisotopic (exact) mass is 275 g/mol. The van der Waals surface area contributed by atoms with Crippen LogP contribution in [-0.4, -0.2) is 22.5 Å². The van der Waals surface area contributed by atoms with Gasteiger partial charge in [0.1, 0.15) is 11.4 Å². The smallest absolute Gasteiger partial charge is 0.287 e. The van der Waals surface area contributed by atoms with E-state index in [0.29, 0.717) is 11.4 Å². The number of nitro groups is 1. The van der Waals surface area contributed by atoms with Crippen LogP contribution in [0, 0.1) is 10.1 Å². The molecule has 2 aromatic rings. The number of amides is 1. The highest BCUT2D eigenvalue weighted by molar-refractivity contribution is 6.03. The van der Waals surface area contributed by atoms with Gasteiger partial charge in [-0.15, -0.1) is 0 Å². The zero-order valence-corrected chi connectivity index (χ0v) is 11.0. The van der Waals surface area contributed by atoms with E-state index in [1.54, 1.807) is 38.4 Å². The van der Waals surface area contributed by atoms with E-state index >= 15 is 0 Å². The van der Waals surface area contributed by atoms with E-state index < -0.39 is 10.8 Å². The molecule has 1 aromatic carbocycles.